The zero-order valence-electron chi connectivity index (χ0n) is 5.05. The first kappa shape index (κ1) is 7.52. The quantitative estimate of drug-likeness (QED) is 0.326. The molecule has 0 aromatic heterocycles. The van der Waals surface area contributed by atoms with Crippen molar-refractivity contribution in [3.63, 3.8) is 0 Å². The molecule has 9 heavy (non-hydrogen) atoms. The van der Waals surface area contributed by atoms with Crippen LogP contribution in [0.15, 0.2) is 11.5 Å². The molecular formula is C6H6N2O. The molecule has 46 valence electrons. The highest BCUT2D eigenvalue weighted by Gasteiger charge is 1.99. The first-order chi connectivity index (χ1) is 4.26. The molecular weight excluding hydrogens is 116 g/mol. The standard InChI is InChI=1S/C6H6N2O/c1-3-6(9)5(4-7)8-2/h9H,3H2,1H3/b6-5-. The van der Waals surface area contributed by atoms with Crippen molar-refractivity contribution in [3.8, 4) is 6.07 Å². The van der Waals surface area contributed by atoms with Crippen molar-refractivity contribution >= 4 is 0 Å². The van der Waals surface area contributed by atoms with Gasteiger partial charge >= 0.3 is 0 Å². The van der Waals surface area contributed by atoms with Crippen LogP contribution in [0.2, 0.25) is 0 Å². The molecule has 1 N–H and O–H groups in total. The minimum absolute atomic E-state index is 0.132. The van der Waals surface area contributed by atoms with Crippen LogP contribution >= 0.6 is 0 Å². The number of rotatable bonds is 1. The van der Waals surface area contributed by atoms with Crippen molar-refractivity contribution in [2.45, 2.75) is 13.3 Å². The van der Waals surface area contributed by atoms with E-state index in [0.29, 0.717) is 6.42 Å². The van der Waals surface area contributed by atoms with E-state index in [1.807, 2.05) is 0 Å². The van der Waals surface area contributed by atoms with Gasteiger partial charge in [0.25, 0.3) is 5.70 Å². The molecule has 0 rings (SSSR count). The van der Waals surface area contributed by atoms with Gasteiger partial charge in [-0.15, -0.1) is 0 Å². The van der Waals surface area contributed by atoms with Crippen molar-refractivity contribution in [2.75, 3.05) is 0 Å². The molecule has 0 bridgehead atoms. The number of allylic oxidation sites excluding steroid dienone is 2. The summed E-state index contributed by atoms with van der Waals surface area (Å²) in [5.41, 5.74) is -0.211. The van der Waals surface area contributed by atoms with Crippen LogP contribution < -0.4 is 0 Å². The molecule has 0 radical (unpaired) electrons. The van der Waals surface area contributed by atoms with Crippen LogP contribution in [-0.2, 0) is 0 Å². The first-order valence-electron chi connectivity index (χ1n) is 2.46. The second-order valence-corrected chi connectivity index (χ2v) is 1.37. The summed E-state index contributed by atoms with van der Waals surface area (Å²) < 4.78 is 0. The largest absolute Gasteiger partial charge is 0.523 e. The monoisotopic (exact) mass is 122 g/mol. The zero-order chi connectivity index (χ0) is 7.28. The first-order valence-corrected chi connectivity index (χ1v) is 2.46. The average molecular weight is 122 g/mol. The number of nitrogens with zero attached hydrogens (tertiary/aromatic N) is 2. The lowest BCUT2D eigenvalue weighted by molar-refractivity contribution is 0.391. The molecule has 0 atom stereocenters. The zero-order valence-corrected chi connectivity index (χ0v) is 5.05. The lowest BCUT2D eigenvalue weighted by Gasteiger charge is -1.89. The fraction of sp³-hybridized carbons (Fsp3) is 0.333. The smallest absolute Gasteiger partial charge is 0.298 e. The minimum Gasteiger partial charge on any atom is -0.523 e. The van der Waals surface area contributed by atoms with Crippen LogP contribution in [0.3, 0.4) is 0 Å². The van der Waals surface area contributed by atoms with E-state index in [1.165, 1.54) is 0 Å². The summed E-state index contributed by atoms with van der Waals surface area (Å²) in [6, 6.07) is 1.58. The Morgan fingerprint density at radius 2 is 2.44 bits per heavy atom. The Hall–Kier alpha value is -1.48. The van der Waals surface area contributed by atoms with E-state index in [1.54, 1.807) is 13.0 Å². The molecule has 0 aromatic rings. The van der Waals surface area contributed by atoms with Gasteiger partial charge in [0.2, 0.25) is 0 Å². The lowest BCUT2D eigenvalue weighted by Crippen LogP contribution is -1.81. The third kappa shape index (κ3) is 1.84. The number of aliphatic hydroxyl groups is 1. The van der Waals surface area contributed by atoms with Crippen LogP contribution in [0.4, 0.5) is 0 Å². The predicted octanol–water partition coefficient (Wildman–Crippen LogP) is 1.61. The number of hydrogen-bond donors (Lipinski definition) is 1. The van der Waals surface area contributed by atoms with Crippen LogP contribution in [0, 0.1) is 17.9 Å². The lowest BCUT2D eigenvalue weighted by atomic mass is 10.3. The summed E-state index contributed by atoms with van der Waals surface area (Å²) >= 11 is 0. The van der Waals surface area contributed by atoms with E-state index in [0.717, 1.165) is 0 Å². The Kier molecular flexibility index (Phi) is 2.94. The number of aliphatic hydroxyl groups excluding tert-OH is 1. The highest BCUT2D eigenvalue weighted by molar-refractivity contribution is 5.29. The van der Waals surface area contributed by atoms with Gasteiger partial charge in [-0.05, 0) is 6.42 Å². The number of hydrogen-bond acceptors (Lipinski definition) is 2. The van der Waals surface area contributed by atoms with Gasteiger partial charge in [-0.1, -0.05) is 6.92 Å². The van der Waals surface area contributed by atoms with Gasteiger partial charge in [-0.2, -0.15) is 0 Å². The third-order valence-corrected chi connectivity index (χ3v) is 0.826. The second kappa shape index (κ2) is 3.51. The highest BCUT2D eigenvalue weighted by Crippen LogP contribution is 2.04. The van der Waals surface area contributed by atoms with Crippen molar-refractivity contribution < 1.29 is 5.11 Å². The molecule has 0 fully saturated rings. The molecule has 0 amide bonds. The molecule has 0 saturated heterocycles. The third-order valence-electron chi connectivity index (χ3n) is 0.826. The van der Waals surface area contributed by atoms with Crippen molar-refractivity contribution in [3.05, 3.63) is 22.9 Å². The summed E-state index contributed by atoms with van der Waals surface area (Å²) in [6.07, 6.45) is 0.339. The summed E-state index contributed by atoms with van der Waals surface area (Å²) in [5.74, 6) is -0.132. The Balaban J connectivity index is 4.49. The Morgan fingerprint density at radius 3 is 2.56 bits per heavy atom. The minimum atomic E-state index is -0.211. The molecule has 3 nitrogen and oxygen atoms in total. The highest BCUT2D eigenvalue weighted by atomic mass is 16.3. The van der Waals surface area contributed by atoms with E-state index in [9.17, 15) is 0 Å². The maximum Gasteiger partial charge on any atom is 0.298 e. The molecule has 0 aliphatic heterocycles. The SMILES string of the molecule is [C-]#[N+]/C(C#N)=C(\O)CC. The molecule has 0 heterocycles. The van der Waals surface area contributed by atoms with Gasteiger partial charge in [-0.3, -0.25) is 0 Å². The van der Waals surface area contributed by atoms with Crippen molar-refractivity contribution in [1.82, 2.24) is 0 Å². The van der Waals surface area contributed by atoms with Crippen LogP contribution in [0.25, 0.3) is 4.85 Å². The van der Waals surface area contributed by atoms with Gasteiger partial charge < -0.3 is 5.11 Å². The van der Waals surface area contributed by atoms with Crippen LogP contribution in [-0.4, -0.2) is 5.11 Å². The second-order valence-electron chi connectivity index (χ2n) is 1.37. The molecule has 0 aromatic carbocycles. The summed E-state index contributed by atoms with van der Waals surface area (Å²) in [5, 5.41) is 16.9. The van der Waals surface area contributed by atoms with Crippen LogP contribution in [0.5, 0.6) is 0 Å². The Bertz CT molecular complexity index is 188. The van der Waals surface area contributed by atoms with E-state index in [-0.39, 0.29) is 11.5 Å². The average Bonchev–Trinajstić information content (AvgIpc) is 1.90. The van der Waals surface area contributed by atoms with Gasteiger partial charge in [-0.25, -0.2) is 10.1 Å². The van der Waals surface area contributed by atoms with Crippen molar-refractivity contribution in [2.24, 2.45) is 0 Å². The molecule has 0 aliphatic rings. The maximum absolute atomic E-state index is 8.76. The fourth-order valence-corrected chi connectivity index (χ4v) is 0.322. The Labute approximate surface area is 53.7 Å². The molecule has 3 heteroatoms. The maximum atomic E-state index is 8.76. The van der Waals surface area contributed by atoms with E-state index in [2.05, 4.69) is 4.85 Å². The summed E-state index contributed by atoms with van der Waals surface area (Å²) in [7, 11) is 0. The number of nitriles is 1. The van der Waals surface area contributed by atoms with Crippen molar-refractivity contribution in [1.29, 1.82) is 5.26 Å². The normalized spacial score (nSPS) is 11.0. The Morgan fingerprint density at radius 1 is 1.89 bits per heavy atom. The molecule has 0 spiro atoms. The van der Waals surface area contributed by atoms with Gasteiger partial charge in [0, 0.05) is 0 Å². The van der Waals surface area contributed by atoms with E-state index < -0.39 is 0 Å². The van der Waals surface area contributed by atoms with Crippen LogP contribution in [0.1, 0.15) is 13.3 Å². The molecule has 0 aliphatic carbocycles. The van der Waals surface area contributed by atoms with Gasteiger partial charge in [0.15, 0.2) is 0 Å². The summed E-state index contributed by atoms with van der Waals surface area (Å²) in [6.45, 7) is 8.06. The molecule has 0 saturated carbocycles. The molecule has 0 unspecified atom stereocenters. The van der Waals surface area contributed by atoms with E-state index >= 15 is 0 Å². The fourth-order valence-electron chi connectivity index (χ4n) is 0.322. The summed E-state index contributed by atoms with van der Waals surface area (Å²) in [4.78, 5) is 2.80. The predicted molar refractivity (Wildman–Crippen MR) is 32.2 cm³/mol. The van der Waals surface area contributed by atoms with Gasteiger partial charge in [0.05, 0.1) is 12.6 Å². The van der Waals surface area contributed by atoms with E-state index in [4.69, 9.17) is 16.9 Å². The van der Waals surface area contributed by atoms with Gasteiger partial charge in [0.1, 0.15) is 5.76 Å². The topological polar surface area (TPSA) is 48.4 Å².